The van der Waals surface area contributed by atoms with Crippen molar-refractivity contribution in [2.75, 3.05) is 19.5 Å². The molecule has 0 bridgehead atoms. The molecule has 1 aromatic carbocycles. The van der Waals surface area contributed by atoms with E-state index in [4.69, 9.17) is 15.2 Å². The molecular weight excluding hydrogens is 240 g/mol. The molecule has 1 aromatic rings. The third-order valence-corrected chi connectivity index (χ3v) is 3.80. The van der Waals surface area contributed by atoms with Gasteiger partial charge in [0, 0.05) is 23.8 Å². The maximum absolute atomic E-state index is 6.03. The molecule has 0 radical (unpaired) electrons. The van der Waals surface area contributed by atoms with E-state index >= 15 is 0 Å². The first kappa shape index (κ1) is 14.0. The van der Waals surface area contributed by atoms with Crippen LogP contribution in [0.25, 0.3) is 0 Å². The molecule has 1 aliphatic rings. The number of aryl methyl sites for hydroxylation is 1. The van der Waals surface area contributed by atoms with Crippen molar-refractivity contribution in [1.82, 2.24) is 0 Å². The Labute approximate surface area is 115 Å². The van der Waals surface area contributed by atoms with E-state index in [1.807, 2.05) is 12.1 Å². The number of rotatable bonds is 4. The summed E-state index contributed by atoms with van der Waals surface area (Å²) in [6.45, 7) is 2.08. The molecule has 0 amide bonds. The SMILES string of the molecule is COc1cc(C)c(NC2CCCC(N)C2)cc1OC. The maximum atomic E-state index is 6.03. The Morgan fingerprint density at radius 1 is 1.16 bits per heavy atom. The van der Waals surface area contributed by atoms with Crippen molar-refractivity contribution in [3.63, 3.8) is 0 Å². The highest BCUT2D eigenvalue weighted by Crippen LogP contribution is 2.34. The predicted octanol–water partition coefficient (Wildman–Crippen LogP) is 2.69. The number of nitrogens with one attached hydrogen (secondary N) is 1. The van der Waals surface area contributed by atoms with Gasteiger partial charge in [0.2, 0.25) is 0 Å². The number of benzene rings is 1. The summed E-state index contributed by atoms with van der Waals surface area (Å²) in [4.78, 5) is 0. The van der Waals surface area contributed by atoms with Gasteiger partial charge in [-0.25, -0.2) is 0 Å². The molecule has 2 rings (SSSR count). The van der Waals surface area contributed by atoms with Crippen LogP contribution in [-0.4, -0.2) is 26.3 Å². The fourth-order valence-corrected chi connectivity index (χ4v) is 2.71. The topological polar surface area (TPSA) is 56.5 Å². The van der Waals surface area contributed by atoms with Crippen LogP contribution in [-0.2, 0) is 0 Å². The molecule has 2 atom stereocenters. The van der Waals surface area contributed by atoms with E-state index in [1.54, 1.807) is 14.2 Å². The molecule has 3 N–H and O–H groups in total. The highest BCUT2D eigenvalue weighted by molar-refractivity contribution is 5.60. The normalized spacial score (nSPS) is 22.9. The number of hydrogen-bond donors (Lipinski definition) is 2. The molecule has 1 saturated carbocycles. The number of nitrogens with two attached hydrogens (primary N) is 1. The van der Waals surface area contributed by atoms with Gasteiger partial charge in [-0.05, 0) is 44.2 Å². The monoisotopic (exact) mass is 264 g/mol. The fraction of sp³-hybridized carbons (Fsp3) is 0.600. The summed E-state index contributed by atoms with van der Waals surface area (Å²) in [5.41, 5.74) is 8.31. The highest BCUT2D eigenvalue weighted by Gasteiger charge is 2.20. The summed E-state index contributed by atoms with van der Waals surface area (Å²) in [6.07, 6.45) is 4.56. The molecule has 1 fully saturated rings. The van der Waals surface area contributed by atoms with E-state index in [1.165, 1.54) is 12.8 Å². The Kier molecular flexibility index (Phi) is 4.53. The second-order valence-corrected chi connectivity index (χ2v) is 5.29. The largest absolute Gasteiger partial charge is 0.493 e. The molecule has 0 saturated heterocycles. The van der Waals surface area contributed by atoms with Crippen LogP contribution in [0, 0.1) is 6.92 Å². The van der Waals surface area contributed by atoms with E-state index in [0.717, 1.165) is 35.6 Å². The van der Waals surface area contributed by atoms with Gasteiger partial charge in [-0.2, -0.15) is 0 Å². The Hall–Kier alpha value is -1.42. The minimum absolute atomic E-state index is 0.326. The summed E-state index contributed by atoms with van der Waals surface area (Å²) in [6, 6.07) is 4.80. The summed E-state index contributed by atoms with van der Waals surface area (Å²) in [7, 11) is 3.32. The molecule has 0 spiro atoms. The first-order chi connectivity index (χ1) is 9.13. The van der Waals surface area contributed by atoms with Gasteiger partial charge < -0.3 is 20.5 Å². The lowest BCUT2D eigenvalue weighted by atomic mass is 9.91. The van der Waals surface area contributed by atoms with Gasteiger partial charge in [-0.3, -0.25) is 0 Å². The Morgan fingerprint density at radius 3 is 2.47 bits per heavy atom. The second kappa shape index (κ2) is 6.15. The van der Waals surface area contributed by atoms with E-state index in [2.05, 4.69) is 12.2 Å². The van der Waals surface area contributed by atoms with E-state index in [0.29, 0.717) is 12.1 Å². The van der Waals surface area contributed by atoms with Gasteiger partial charge in [0.25, 0.3) is 0 Å². The van der Waals surface area contributed by atoms with Crippen LogP contribution in [0.1, 0.15) is 31.2 Å². The van der Waals surface area contributed by atoms with E-state index < -0.39 is 0 Å². The standard InChI is InChI=1S/C15H24N2O2/c1-10-7-14(18-2)15(19-3)9-13(10)17-12-6-4-5-11(16)8-12/h7,9,11-12,17H,4-6,8,16H2,1-3H3. The predicted molar refractivity (Wildman–Crippen MR) is 78.1 cm³/mol. The van der Waals surface area contributed by atoms with Crippen molar-refractivity contribution in [2.45, 2.75) is 44.7 Å². The van der Waals surface area contributed by atoms with Gasteiger partial charge in [-0.15, -0.1) is 0 Å². The van der Waals surface area contributed by atoms with Gasteiger partial charge in [0.1, 0.15) is 0 Å². The fourth-order valence-electron chi connectivity index (χ4n) is 2.71. The number of methoxy groups -OCH3 is 2. The molecule has 2 unspecified atom stereocenters. The lowest BCUT2D eigenvalue weighted by molar-refractivity contribution is 0.354. The quantitative estimate of drug-likeness (QED) is 0.878. The second-order valence-electron chi connectivity index (χ2n) is 5.29. The van der Waals surface area contributed by atoms with Gasteiger partial charge in [0.05, 0.1) is 14.2 Å². The first-order valence-corrected chi connectivity index (χ1v) is 6.88. The van der Waals surface area contributed by atoms with E-state index in [-0.39, 0.29) is 0 Å². The lowest BCUT2D eigenvalue weighted by Gasteiger charge is -2.29. The average Bonchev–Trinajstić information content (AvgIpc) is 2.40. The summed E-state index contributed by atoms with van der Waals surface area (Å²) >= 11 is 0. The van der Waals surface area contributed by atoms with Crippen LogP contribution in [0.4, 0.5) is 5.69 Å². The van der Waals surface area contributed by atoms with Crippen LogP contribution in [0.2, 0.25) is 0 Å². The van der Waals surface area contributed by atoms with Gasteiger partial charge >= 0.3 is 0 Å². The summed E-state index contributed by atoms with van der Waals surface area (Å²) in [5, 5.41) is 3.59. The van der Waals surface area contributed by atoms with E-state index in [9.17, 15) is 0 Å². The summed E-state index contributed by atoms with van der Waals surface area (Å²) in [5.74, 6) is 1.53. The molecule has 4 heteroatoms. The Morgan fingerprint density at radius 2 is 1.84 bits per heavy atom. The third kappa shape index (κ3) is 3.32. The average molecular weight is 264 g/mol. The molecule has 4 nitrogen and oxygen atoms in total. The third-order valence-electron chi connectivity index (χ3n) is 3.80. The minimum atomic E-state index is 0.326. The minimum Gasteiger partial charge on any atom is -0.493 e. The lowest BCUT2D eigenvalue weighted by Crippen LogP contribution is -2.35. The van der Waals surface area contributed by atoms with Crippen LogP contribution < -0.4 is 20.5 Å². The van der Waals surface area contributed by atoms with Crippen LogP contribution in [0.5, 0.6) is 11.5 Å². The van der Waals surface area contributed by atoms with Crippen molar-refractivity contribution < 1.29 is 9.47 Å². The number of anilines is 1. The molecule has 19 heavy (non-hydrogen) atoms. The summed E-state index contributed by atoms with van der Waals surface area (Å²) < 4.78 is 10.7. The first-order valence-electron chi connectivity index (χ1n) is 6.88. The van der Waals surface area contributed by atoms with Crippen molar-refractivity contribution in [1.29, 1.82) is 0 Å². The van der Waals surface area contributed by atoms with Crippen LogP contribution >= 0.6 is 0 Å². The zero-order chi connectivity index (χ0) is 13.8. The molecule has 106 valence electrons. The zero-order valence-corrected chi connectivity index (χ0v) is 12.0. The molecular formula is C15H24N2O2. The van der Waals surface area contributed by atoms with Crippen molar-refractivity contribution in [3.8, 4) is 11.5 Å². The zero-order valence-electron chi connectivity index (χ0n) is 12.0. The molecule has 0 aliphatic heterocycles. The number of hydrogen-bond acceptors (Lipinski definition) is 4. The molecule has 0 aromatic heterocycles. The van der Waals surface area contributed by atoms with Gasteiger partial charge in [0.15, 0.2) is 11.5 Å². The smallest absolute Gasteiger partial charge is 0.162 e. The highest BCUT2D eigenvalue weighted by atomic mass is 16.5. The van der Waals surface area contributed by atoms with Crippen molar-refractivity contribution >= 4 is 5.69 Å². The number of ether oxygens (including phenoxy) is 2. The Bertz CT molecular complexity index is 434. The Balaban J connectivity index is 2.15. The van der Waals surface area contributed by atoms with Crippen LogP contribution in [0.3, 0.4) is 0 Å². The molecule has 1 aliphatic carbocycles. The van der Waals surface area contributed by atoms with Crippen molar-refractivity contribution in [2.24, 2.45) is 5.73 Å². The van der Waals surface area contributed by atoms with Crippen molar-refractivity contribution in [3.05, 3.63) is 17.7 Å². The maximum Gasteiger partial charge on any atom is 0.162 e. The molecule has 0 heterocycles. The van der Waals surface area contributed by atoms with Gasteiger partial charge in [-0.1, -0.05) is 0 Å². The van der Waals surface area contributed by atoms with Crippen LogP contribution in [0.15, 0.2) is 12.1 Å².